The molecule has 2 rings (SSSR count). The van der Waals surface area contributed by atoms with Gasteiger partial charge in [0.2, 0.25) is 0 Å². The third-order valence-corrected chi connectivity index (χ3v) is 5.00. The maximum Gasteiger partial charge on any atom is 0.338 e. The van der Waals surface area contributed by atoms with Gasteiger partial charge in [0.05, 0.1) is 33.8 Å². The molecular weight excluding hydrogens is 468 g/mol. The van der Waals surface area contributed by atoms with Crippen LogP contribution in [0.1, 0.15) is 39.3 Å². The zero-order chi connectivity index (χ0) is 19.4. The maximum atomic E-state index is 12.6. The number of ether oxygens (including phenoxy) is 2. The van der Waals surface area contributed by atoms with Crippen molar-refractivity contribution in [2.45, 2.75) is 33.7 Å². The topological polar surface area (TPSA) is 76.7 Å². The Kier molecular flexibility index (Phi) is 7.11. The Hall–Kier alpha value is -1.54. The number of esters is 1. The van der Waals surface area contributed by atoms with Crippen molar-refractivity contribution in [1.82, 2.24) is 10.6 Å². The molecule has 8 heteroatoms. The highest BCUT2D eigenvalue weighted by Gasteiger charge is 2.35. The highest BCUT2D eigenvalue weighted by Crippen LogP contribution is 2.39. The molecule has 2 amide bonds. The van der Waals surface area contributed by atoms with E-state index in [1.807, 2.05) is 32.9 Å². The number of allylic oxidation sites excluding steroid dienone is 1. The normalized spacial score (nSPS) is 17.0. The van der Waals surface area contributed by atoms with Gasteiger partial charge in [-0.1, -0.05) is 13.8 Å². The number of halogens is 2. The molecule has 142 valence electrons. The molecular formula is C18H22Br2N2O4. The number of rotatable bonds is 6. The van der Waals surface area contributed by atoms with Crippen LogP contribution in [0.5, 0.6) is 5.75 Å². The van der Waals surface area contributed by atoms with E-state index in [2.05, 4.69) is 42.5 Å². The summed E-state index contributed by atoms with van der Waals surface area (Å²) in [6.07, 6.45) is 0. The molecule has 1 aliphatic heterocycles. The number of benzene rings is 1. The van der Waals surface area contributed by atoms with Crippen LogP contribution in [0.3, 0.4) is 0 Å². The first-order chi connectivity index (χ1) is 12.3. The summed E-state index contributed by atoms with van der Waals surface area (Å²) in [6.45, 7) is 8.26. The fourth-order valence-electron chi connectivity index (χ4n) is 2.75. The zero-order valence-corrected chi connectivity index (χ0v) is 18.3. The smallest absolute Gasteiger partial charge is 0.338 e. The SMILES string of the molecule is CCOC(=O)C1=C(C(C)C)NC(=O)NC1c1cc(Br)c(OCC)c(Br)c1. The van der Waals surface area contributed by atoms with Gasteiger partial charge in [-0.05, 0) is 69.3 Å². The van der Waals surface area contributed by atoms with Gasteiger partial charge in [0.25, 0.3) is 0 Å². The summed E-state index contributed by atoms with van der Waals surface area (Å²) in [5, 5.41) is 5.57. The summed E-state index contributed by atoms with van der Waals surface area (Å²) >= 11 is 6.99. The first kappa shape index (κ1) is 20.8. The van der Waals surface area contributed by atoms with E-state index in [-0.39, 0.29) is 18.6 Å². The highest BCUT2D eigenvalue weighted by atomic mass is 79.9. The van der Waals surface area contributed by atoms with E-state index in [1.165, 1.54) is 0 Å². The Morgan fingerprint density at radius 1 is 1.19 bits per heavy atom. The predicted octanol–water partition coefficient (Wildman–Crippen LogP) is 4.44. The van der Waals surface area contributed by atoms with Gasteiger partial charge in [-0.2, -0.15) is 0 Å². The summed E-state index contributed by atoms with van der Waals surface area (Å²) in [4.78, 5) is 24.8. The first-order valence-electron chi connectivity index (χ1n) is 8.40. The Balaban J connectivity index is 2.59. The van der Waals surface area contributed by atoms with Gasteiger partial charge in [-0.25, -0.2) is 9.59 Å². The molecule has 1 heterocycles. The quantitative estimate of drug-likeness (QED) is 0.579. The van der Waals surface area contributed by atoms with Gasteiger partial charge in [-0.3, -0.25) is 0 Å². The Bertz CT molecular complexity index is 724. The van der Waals surface area contributed by atoms with Crippen molar-refractivity contribution in [3.05, 3.63) is 37.9 Å². The fraction of sp³-hybridized carbons (Fsp3) is 0.444. The minimum absolute atomic E-state index is 0.0439. The number of amides is 2. The van der Waals surface area contributed by atoms with Crippen LogP contribution in [0.25, 0.3) is 0 Å². The molecule has 26 heavy (non-hydrogen) atoms. The second kappa shape index (κ2) is 8.90. The van der Waals surface area contributed by atoms with Crippen molar-refractivity contribution >= 4 is 43.9 Å². The molecule has 0 radical (unpaired) electrons. The number of hydrogen-bond donors (Lipinski definition) is 2. The second-order valence-corrected chi connectivity index (χ2v) is 7.69. The molecule has 0 spiro atoms. The van der Waals surface area contributed by atoms with Gasteiger partial charge < -0.3 is 20.1 Å². The summed E-state index contributed by atoms with van der Waals surface area (Å²) in [5.41, 5.74) is 1.71. The lowest BCUT2D eigenvalue weighted by Gasteiger charge is -2.31. The standard InChI is InChI=1S/C18H22Br2N2O4/c1-5-25-16-11(19)7-10(8-12(16)20)15-13(17(23)26-6-2)14(9(3)4)21-18(24)22-15/h7-9,15H,5-6H2,1-4H3,(H2,21,22,24). The van der Waals surface area contributed by atoms with E-state index in [4.69, 9.17) is 9.47 Å². The van der Waals surface area contributed by atoms with Gasteiger partial charge in [-0.15, -0.1) is 0 Å². The molecule has 0 bridgehead atoms. The van der Waals surface area contributed by atoms with Crippen LogP contribution in [0.2, 0.25) is 0 Å². The van der Waals surface area contributed by atoms with Crippen molar-refractivity contribution < 1.29 is 19.1 Å². The van der Waals surface area contributed by atoms with Crippen LogP contribution >= 0.6 is 31.9 Å². The van der Waals surface area contributed by atoms with Gasteiger partial charge in [0, 0.05) is 5.70 Å². The molecule has 1 aliphatic rings. The van der Waals surface area contributed by atoms with Crippen LogP contribution in [-0.2, 0) is 9.53 Å². The van der Waals surface area contributed by atoms with Crippen LogP contribution in [0.15, 0.2) is 32.3 Å². The van der Waals surface area contributed by atoms with E-state index < -0.39 is 12.0 Å². The van der Waals surface area contributed by atoms with Crippen LogP contribution in [0, 0.1) is 5.92 Å². The molecule has 1 unspecified atom stereocenters. The average Bonchev–Trinajstić information content (AvgIpc) is 2.57. The molecule has 1 aromatic carbocycles. The lowest BCUT2D eigenvalue weighted by Crippen LogP contribution is -2.47. The monoisotopic (exact) mass is 488 g/mol. The number of urea groups is 1. The van der Waals surface area contributed by atoms with Gasteiger partial charge in [0.15, 0.2) is 0 Å². The minimum Gasteiger partial charge on any atom is -0.492 e. The molecule has 6 nitrogen and oxygen atoms in total. The van der Waals surface area contributed by atoms with E-state index >= 15 is 0 Å². The average molecular weight is 490 g/mol. The molecule has 1 atom stereocenters. The molecule has 2 N–H and O–H groups in total. The van der Waals surface area contributed by atoms with Crippen LogP contribution in [-0.4, -0.2) is 25.2 Å². The maximum absolute atomic E-state index is 12.6. The second-order valence-electron chi connectivity index (χ2n) is 5.98. The van der Waals surface area contributed by atoms with E-state index in [0.29, 0.717) is 23.6 Å². The summed E-state index contributed by atoms with van der Waals surface area (Å²) in [7, 11) is 0. The Labute approximate surface area is 170 Å². The third kappa shape index (κ3) is 4.40. The Morgan fingerprint density at radius 3 is 2.31 bits per heavy atom. The van der Waals surface area contributed by atoms with Gasteiger partial charge >= 0.3 is 12.0 Å². The van der Waals surface area contributed by atoms with Crippen molar-refractivity contribution in [2.75, 3.05) is 13.2 Å². The van der Waals surface area contributed by atoms with E-state index in [9.17, 15) is 9.59 Å². The molecule has 0 aliphatic carbocycles. The summed E-state index contributed by atoms with van der Waals surface area (Å²) < 4.78 is 12.3. The number of carbonyl (C=O) groups excluding carboxylic acids is 2. The van der Waals surface area contributed by atoms with Crippen LogP contribution in [0.4, 0.5) is 4.79 Å². The molecule has 0 fully saturated rings. The van der Waals surface area contributed by atoms with E-state index in [0.717, 1.165) is 14.5 Å². The first-order valence-corrected chi connectivity index (χ1v) is 9.99. The predicted molar refractivity (Wildman–Crippen MR) is 106 cm³/mol. The third-order valence-electron chi connectivity index (χ3n) is 3.82. The van der Waals surface area contributed by atoms with Crippen LogP contribution < -0.4 is 15.4 Å². The van der Waals surface area contributed by atoms with E-state index in [1.54, 1.807) is 6.92 Å². The van der Waals surface area contributed by atoms with Crippen molar-refractivity contribution in [1.29, 1.82) is 0 Å². The number of nitrogens with one attached hydrogen (secondary N) is 2. The Morgan fingerprint density at radius 2 is 1.81 bits per heavy atom. The van der Waals surface area contributed by atoms with Crippen molar-refractivity contribution in [3.8, 4) is 5.75 Å². The number of hydrogen-bond acceptors (Lipinski definition) is 4. The highest BCUT2D eigenvalue weighted by molar-refractivity contribution is 9.11. The lowest BCUT2D eigenvalue weighted by molar-refractivity contribution is -0.139. The summed E-state index contributed by atoms with van der Waals surface area (Å²) in [6, 6.07) is 2.70. The minimum atomic E-state index is -0.622. The zero-order valence-electron chi connectivity index (χ0n) is 15.1. The number of carbonyl (C=O) groups is 2. The van der Waals surface area contributed by atoms with Crippen molar-refractivity contribution in [3.63, 3.8) is 0 Å². The molecule has 0 saturated heterocycles. The largest absolute Gasteiger partial charge is 0.492 e. The molecule has 0 saturated carbocycles. The summed E-state index contributed by atoms with van der Waals surface area (Å²) in [5.74, 6) is 0.176. The fourth-order valence-corrected chi connectivity index (χ4v) is 4.21. The van der Waals surface area contributed by atoms with Crippen molar-refractivity contribution in [2.24, 2.45) is 5.92 Å². The van der Waals surface area contributed by atoms with Gasteiger partial charge in [0.1, 0.15) is 5.75 Å². The lowest BCUT2D eigenvalue weighted by atomic mass is 9.91. The molecule has 0 aromatic heterocycles. The molecule has 1 aromatic rings.